The molecule has 5 heteroatoms. The van der Waals surface area contributed by atoms with E-state index in [4.69, 9.17) is 4.98 Å². The second kappa shape index (κ2) is 5.57. The molecule has 2 aromatic heterocycles. The molecule has 1 aliphatic heterocycles. The minimum Gasteiger partial charge on any atom is -0.360 e. The van der Waals surface area contributed by atoms with Crippen molar-refractivity contribution in [2.75, 3.05) is 5.32 Å². The fourth-order valence-corrected chi connectivity index (χ4v) is 4.10. The van der Waals surface area contributed by atoms with Crippen LogP contribution in [0.1, 0.15) is 11.7 Å². The summed E-state index contributed by atoms with van der Waals surface area (Å²) in [5.74, 6) is 0.869. The van der Waals surface area contributed by atoms with Gasteiger partial charge in [0.2, 0.25) is 0 Å². The van der Waals surface area contributed by atoms with Gasteiger partial charge in [-0.05, 0) is 41.8 Å². The van der Waals surface area contributed by atoms with E-state index in [0.717, 1.165) is 39.0 Å². The zero-order chi connectivity index (χ0) is 18.7. The largest absolute Gasteiger partial charge is 0.360 e. The quantitative estimate of drug-likeness (QED) is 0.460. The normalized spacial score (nSPS) is 15.2. The Kier molecular flexibility index (Phi) is 3.03. The number of aromatic amines is 1. The fraction of sp³-hybridized carbons (Fsp3) is 0.0435. The molecule has 1 aliphatic rings. The van der Waals surface area contributed by atoms with Crippen molar-refractivity contribution in [1.29, 1.82) is 0 Å². The number of hydrogen-bond acceptors (Lipinski definition) is 3. The van der Waals surface area contributed by atoms with Crippen molar-refractivity contribution < 1.29 is 0 Å². The number of aromatic nitrogens is 3. The average Bonchev–Trinajstić information content (AvgIpc) is 3.13. The van der Waals surface area contributed by atoms with Crippen LogP contribution in [0.2, 0.25) is 0 Å². The van der Waals surface area contributed by atoms with Crippen LogP contribution in [0.5, 0.6) is 0 Å². The van der Waals surface area contributed by atoms with E-state index < -0.39 is 0 Å². The third kappa shape index (κ3) is 2.07. The maximum atomic E-state index is 13.0. The minimum atomic E-state index is -0.342. The summed E-state index contributed by atoms with van der Waals surface area (Å²) in [6.07, 6.45) is -0.342. The Morgan fingerprint density at radius 2 is 1.68 bits per heavy atom. The summed E-state index contributed by atoms with van der Waals surface area (Å²) in [5.41, 5.74) is 5.32. The molecule has 0 radical (unpaired) electrons. The number of nitrogens with zero attached hydrogens (tertiary/aromatic N) is 2. The van der Waals surface area contributed by atoms with Crippen molar-refractivity contribution in [2.24, 2.45) is 0 Å². The second-order valence-electron chi connectivity index (χ2n) is 7.03. The third-order valence-electron chi connectivity index (χ3n) is 5.39. The molecule has 2 N–H and O–H groups in total. The van der Waals surface area contributed by atoms with Crippen molar-refractivity contribution in [3.05, 3.63) is 94.8 Å². The predicted octanol–water partition coefficient (Wildman–Crippen LogP) is 4.52. The van der Waals surface area contributed by atoms with Gasteiger partial charge in [-0.1, -0.05) is 42.5 Å². The Labute approximate surface area is 160 Å². The van der Waals surface area contributed by atoms with E-state index in [2.05, 4.69) is 20.9 Å². The van der Waals surface area contributed by atoms with Crippen LogP contribution in [0.25, 0.3) is 33.3 Å². The summed E-state index contributed by atoms with van der Waals surface area (Å²) < 4.78 is 2.12. The van der Waals surface area contributed by atoms with Crippen LogP contribution in [0.15, 0.2) is 83.7 Å². The van der Waals surface area contributed by atoms with Crippen molar-refractivity contribution in [3.8, 4) is 11.4 Å². The summed E-state index contributed by atoms with van der Waals surface area (Å²) in [5, 5.41) is 4.56. The van der Waals surface area contributed by atoms with Crippen molar-refractivity contribution in [3.63, 3.8) is 0 Å². The molecule has 5 nitrogen and oxygen atoms in total. The lowest BCUT2D eigenvalue weighted by Crippen LogP contribution is -2.30. The highest BCUT2D eigenvalue weighted by atomic mass is 16.1. The van der Waals surface area contributed by atoms with Gasteiger partial charge in [-0.2, -0.15) is 0 Å². The molecule has 0 saturated carbocycles. The van der Waals surface area contributed by atoms with Crippen molar-refractivity contribution >= 4 is 27.6 Å². The zero-order valence-electron chi connectivity index (χ0n) is 14.9. The van der Waals surface area contributed by atoms with Crippen LogP contribution in [0.3, 0.4) is 0 Å². The molecule has 1 atom stereocenters. The highest BCUT2D eigenvalue weighted by Crippen LogP contribution is 2.40. The molecule has 134 valence electrons. The van der Waals surface area contributed by atoms with E-state index in [1.165, 1.54) is 0 Å². The Hall–Kier alpha value is -3.86. The highest BCUT2D eigenvalue weighted by molar-refractivity contribution is 5.87. The highest BCUT2D eigenvalue weighted by Gasteiger charge is 2.29. The molecular formula is C23H16N4O. The molecule has 0 unspecified atom stereocenters. The van der Waals surface area contributed by atoms with Gasteiger partial charge in [0.1, 0.15) is 12.0 Å². The van der Waals surface area contributed by atoms with Gasteiger partial charge < -0.3 is 10.3 Å². The number of anilines is 1. The maximum absolute atomic E-state index is 13.0. The van der Waals surface area contributed by atoms with E-state index in [0.29, 0.717) is 5.56 Å². The summed E-state index contributed by atoms with van der Waals surface area (Å²) in [6, 6.07) is 25.9. The molecule has 0 amide bonds. The van der Waals surface area contributed by atoms with Gasteiger partial charge in [0.15, 0.2) is 0 Å². The predicted molar refractivity (Wildman–Crippen MR) is 111 cm³/mol. The molecule has 3 aromatic carbocycles. The smallest absolute Gasteiger partial charge is 0.255 e. The van der Waals surface area contributed by atoms with Gasteiger partial charge in [0.05, 0.1) is 16.6 Å². The van der Waals surface area contributed by atoms with Gasteiger partial charge in [-0.15, -0.1) is 0 Å². The van der Waals surface area contributed by atoms with Crippen LogP contribution in [-0.4, -0.2) is 14.5 Å². The van der Waals surface area contributed by atoms with Gasteiger partial charge in [-0.25, -0.2) is 4.98 Å². The average molecular weight is 364 g/mol. The number of fused-ring (bicyclic) bond motifs is 6. The molecular weight excluding hydrogens is 348 g/mol. The van der Waals surface area contributed by atoms with Gasteiger partial charge >= 0.3 is 0 Å². The third-order valence-corrected chi connectivity index (χ3v) is 5.39. The lowest BCUT2D eigenvalue weighted by atomic mass is 10.1. The molecule has 5 aromatic rings. The van der Waals surface area contributed by atoms with Crippen LogP contribution in [0, 0.1) is 0 Å². The first kappa shape index (κ1) is 15.2. The first-order chi connectivity index (χ1) is 13.8. The van der Waals surface area contributed by atoms with Gasteiger partial charge in [-0.3, -0.25) is 9.36 Å². The van der Waals surface area contributed by atoms with Crippen LogP contribution in [-0.2, 0) is 0 Å². The molecule has 28 heavy (non-hydrogen) atoms. The van der Waals surface area contributed by atoms with E-state index in [-0.39, 0.29) is 11.7 Å². The first-order valence-corrected chi connectivity index (χ1v) is 9.24. The topological polar surface area (TPSA) is 62.7 Å². The van der Waals surface area contributed by atoms with Crippen LogP contribution >= 0.6 is 0 Å². The standard InChI is InChI=1S/C23H16N4O/c28-23-16(13-14-7-1-3-9-17(14)26-23)22-24-18-10-4-2-8-15(18)21-25-19-11-5-6-12-20(19)27(21)22/h1-13,22,24H,(H,26,28)/t22-/m0/s1. The summed E-state index contributed by atoms with van der Waals surface area (Å²) >= 11 is 0. The molecule has 0 bridgehead atoms. The summed E-state index contributed by atoms with van der Waals surface area (Å²) in [6.45, 7) is 0. The molecule has 0 saturated heterocycles. The Morgan fingerprint density at radius 1 is 0.893 bits per heavy atom. The minimum absolute atomic E-state index is 0.0979. The Balaban J connectivity index is 1.68. The Bertz CT molecular complexity index is 1430. The van der Waals surface area contributed by atoms with E-state index >= 15 is 0 Å². The van der Waals surface area contributed by atoms with E-state index in [1.807, 2.05) is 72.8 Å². The van der Waals surface area contributed by atoms with Crippen molar-refractivity contribution in [2.45, 2.75) is 6.17 Å². The summed E-state index contributed by atoms with van der Waals surface area (Å²) in [4.78, 5) is 20.9. The van der Waals surface area contributed by atoms with Crippen LogP contribution in [0.4, 0.5) is 5.69 Å². The number of imidazole rings is 1. The lowest BCUT2D eigenvalue weighted by Gasteiger charge is -2.29. The molecule has 0 spiro atoms. The SMILES string of the molecule is O=c1[nH]c2ccccc2cc1[C@H]1Nc2ccccc2-c2nc3ccccc3n21. The summed E-state index contributed by atoms with van der Waals surface area (Å²) in [7, 11) is 0. The lowest BCUT2D eigenvalue weighted by molar-refractivity contribution is 0.662. The zero-order valence-corrected chi connectivity index (χ0v) is 14.9. The molecule has 6 rings (SSSR count). The molecule has 0 fully saturated rings. The fourth-order valence-electron chi connectivity index (χ4n) is 4.10. The number of pyridine rings is 1. The monoisotopic (exact) mass is 364 g/mol. The van der Waals surface area contributed by atoms with E-state index in [1.54, 1.807) is 0 Å². The number of hydrogen-bond donors (Lipinski definition) is 2. The first-order valence-electron chi connectivity index (χ1n) is 9.24. The number of nitrogens with one attached hydrogen (secondary N) is 2. The Morgan fingerprint density at radius 3 is 2.64 bits per heavy atom. The van der Waals surface area contributed by atoms with E-state index in [9.17, 15) is 4.79 Å². The number of rotatable bonds is 1. The molecule has 3 heterocycles. The maximum Gasteiger partial charge on any atom is 0.255 e. The van der Waals surface area contributed by atoms with Gasteiger partial charge in [0, 0.05) is 16.8 Å². The van der Waals surface area contributed by atoms with Crippen molar-refractivity contribution in [1.82, 2.24) is 14.5 Å². The number of benzene rings is 3. The van der Waals surface area contributed by atoms with Crippen LogP contribution < -0.4 is 10.9 Å². The number of para-hydroxylation sites is 4. The number of H-pyrrole nitrogens is 1. The van der Waals surface area contributed by atoms with Gasteiger partial charge in [0.25, 0.3) is 5.56 Å². The second-order valence-corrected chi connectivity index (χ2v) is 7.03. The molecule has 0 aliphatic carbocycles.